The lowest BCUT2D eigenvalue weighted by atomic mass is 9.60. The Balaban J connectivity index is 1.88. The first-order valence-corrected chi connectivity index (χ1v) is 10.1. The number of Topliss-reactive ketones (excluding diaryl/α,β-unsaturated/α-hetero) is 2. The van der Waals surface area contributed by atoms with Crippen molar-refractivity contribution in [2.24, 2.45) is 21.7 Å². The summed E-state index contributed by atoms with van der Waals surface area (Å²) in [5.74, 6) is -0.702. The molecule has 6 heteroatoms. The quantitative estimate of drug-likeness (QED) is 0.533. The van der Waals surface area contributed by atoms with E-state index < -0.39 is 16.8 Å². The van der Waals surface area contributed by atoms with E-state index in [0.717, 1.165) is 23.4 Å². The fourth-order valence-corrected chi connectivity index (χ4v) is 5.17. The maximum Gasteiger partial charge on any atom is 0.269 e. The Hall–Kier alpha value is -2.63. The van der Waals surface area contributed by atoms with Gasteiger partial charge in [0, 0.05) is 47.9 Å². The van der Waals surface area contributed by atoms with Gasteiger partial charge in [-0.1, -0.05) is 39.8 Å². The third-order valence-electron chi connectivity index (χ3n) is 6.30. The Morgan fingerprint density at radius 3 is 2.17 bits per heavy atom. The van der Waals surface area contributed by atoms with Crippen molar-refractivity contribution < 1.29 is 14.5 Å². The Morgan fingerprint density at radius 2 is 1.55 bits per heavy atom. The lowest BCUT2D eigenvalue weighted by Crippen LogP contribution is -2.45. The first-order chi connectivity index (χ1) is 13.5. The molecular weight excluding hydrogens is 368 g/mol. The molecule has 0 saturated heterocycles. The minimum absolute atomic E-state index is 0.000129. The van der Waals surface area contributed by atoms with Crippen LogP contribution in [0.1, 0.15) is 64.9 Å². The average Bonchev–Trinajstić information content (AvgIpc) is 2.57. The lowest BCUT2D eigenvalue weighted by molar-refractivity contribution is -0.384. The summed E-state index contributed by atoms with van der Waals surface area (Å²) >= 11 is 0. The van der Waals surface area contributed by atoms with Crippen molar-refractivity contribution in [3.63, 3.8) is 0 Å². The van der Waals surface area contributed by atoms with Crippen molar-refractivity contribution >= 4 is 23.0 Å². The van der Waals surface area contributed by atoms with Crippen LogP contribution in [0.2, 0.25) is 0 Å². The number of ketones is 2. The van der Waals surface area contributed by atoms with Crippen LogP contribution in [0.15, 0.2) is 40.5 Å². The van der Waals surface area contributed by atoms with Crippen molar-refractivity contribution in [2.75, 3.05) is 0 Å². The first kappa shape index (κ1) is 19.7. The van der Waals surface area contributed by atoms with Gasteiger partial charge in [0.2, 0.25) is 0 Å². The molecule has 4 rings (SSSR count). The molecule has 0 radical (unpaired) electrons. The highest BCUT2D eigenvalue weighted by Crippen LogP contribution is 2.51. The van der Waals surface area contributed by atoms with Crippen LogP contribution in [0.4, 0.5) is 5.69 Å². The summed E-state index contributed by atoms with van der Waals surface area (Å²) in [5.41, 5.74) is 2.76. The summed E-state index contributed by atoms with van der Waals surface area (Å²) < 4.78 is 0. The molecule has 2 aliphatic carbocycles. The maximum absolute atomic E-state index is 13.2. The number of hydrogen-bond acceptors (Lipinski definition) is 5. The predicted molar refractivity (Wildman–Crippen MR) is 110 cm³/mol. The van der Waals surface area contributed by atoms with Gasteiger partial charge in [-0.2, -0.15) is 0 Å². The number of allylic oxidation sites excluding steroid dienone is 2. The standard InChI is InChI=1S/C23H26N2O4/c1-22(2)9-15-20(17(26)11-22)19(13-5-7-14(8-6-13)25(28)29)21-16(24-15)10-23(3,4)12-18(21)27/h5-8,19-20H,9-12H2,1-4H3. The first-order valence-electron chi connectivity index (χ1n) is 10.1. The van der Waals surface area contributed by atoms with Crippen LogP contribution in [-0.2, 0) is 9.59 Å². The highest BCUT2D eigenvalue weighted by atomic mass is 16.6. The fourth-order valence-electron chi connectivity index (χ4n) is 5.17. The van der Waals surface area contributed by atoms with Gasteiger partial charge in [0.1, 0.15) is 5.78 Å². The van der Waals surface area contributed by atoms with E-state index in [1.54, 1.807) is 12.1 Å². The molecule has 2 atom stereocenters. The van der Waals surface area contributed by atoms with Gasteiger partial charge in [0.05, 0.1) is 10.8 Å². The molecule has 0 N–H and O–H groups in total. The molecule has 0 amide bonds. The minimum atomic E-state index is -0.451. The molecule has 1 aromatic rings. The summed E-state index contributed by atoms with van der Waals surface area (Å²) in [6.45, 7) is 8.28. The number of aliphatic imine (C=N–C) groups is 1. The number of carbonyl (C=O) groups excluding carboxylic acids is 2. The van der Waals surface area contributed by atoms with Gasteiger partial charge in [-0.05, 0) is 29.2 Å². The van der Waals surface area contributed by atoms with E-state index in [1.807, 2.05) is 0 Å². The van der Waals surface area contributed by atoms with E-state index in [2.05, 4.69) is 27.7 Å². The van der Waals surface area contributed by atoms with Crippen molar-refractivity contribution in [2.45, 2.75) is 59.3 Å². The van der Waals surface area contributed by atoms with Crippen LogP contribution >= 0.6 is 0 Å². The molecule has 3 aliphatic rings. The molecular formula is C23H26N2O4. The number of benzene rings is 1. The smallest absolute Gasteiger partial charge is 0.269 e. The van der Waals surface area contributed by atoms with Crippen LogP contribution in [0.5, 0.6) is 0 Å². The molecule has 1 aromatic carbocycles. The Kier molecular flexibility index (Phi) is 4.37. The fraction of sp³-hybridized carbons (Fsp3) is 0.522. The Morgan fingerprint density at radius 1 is 0.931 bits per heavy atom. The highest BCUT2D eigenvalue weighted by Gasteiger charge is 2.49. The molecule has 6 nitrogen and oxygen atoms in total. The van der Waals surface area contributed by atoms with E-state index in [-0.39, 0.29) is 28.1 Å². The van der Waals surface area contributed by atoms with Crippen LogP contribution in [0.3, 0.4) is 0 Å². The lowest BCUT2D eigenvalue weighted by Gasteiger charge is -2.44. The second-order valence-corrected chi connectivity index (χ2v) is 10.2. The zero-order valence-electron chi connectivity index (χ0n) is 17.3. The number of carbonyl (C=O) groups is 2. The topological polar surface area (TPSA) is 89.6 Å². The zero-order chi connectivity index (χ0) is 21.1. The summed E-state index contributed by atoms with van der Waals surface area (Å²) in [4.78, 5) is 41.9. The number of nitro groups is 1. The molecule has 0 bridgehead atoms. The predicted octanol–water partition coefficient (Wildman–Crippen LogP) is 4.78. The Bertz CT molecular complexity index is 983. The largest absolute Gasteiger partial charge is 0.299 e. The second kappa shape index (κ2) is 6.44. The molecule has 0 spiro atoms. The highest BCUT2D eigenvalue weighted by molar-refractivity contribution is 6.13. The molecule has 0 aromatic heterocycles. The van der Waals surface area contributed by atoms with Gasteiger partial charge in [-0.15, -0.1) is 0 Å². The Labute approximate surface area is 170 Å². The number of hydrogen-bond donors (Lipinski definition) is 0. The third-order valence-corrected chi connectivity index (χ3v) is 6.30. The van der Waals surface area contributed by atoms with E-state index in [0.29, 0.717) is 24.8 Å². The van der Waals surface area contributed by atoms with Crippen molar-refractivity contribution in [3.05, 3.63) is 51.2 Å². The molecule has 29 heavy (non-hydrogen) atoms. The van der Waals surface area contributed by atoms with Crippen LogP contribution in [0, 0.1) is 26.9 Å². The third kappa shape index (κ3) is 3.45. The van der Waals surface area contributed by atoms with Crippen molar-refractivity contribution in [1.82, 2.24) is 0 Å². The van der Waals surface area contributed by atoms with Gasteiger partial charge in [0.15, 0.2) is 5.78 Å². The van der Waals surface area contributed by atoms with Gasteiger partial charge in [0.25, 0.3) is 5.69 Å². The monoisotopic (exact) mass is 394 g/mol. The molecule has 1 saturated carbocycles. The van der Waals surface area contributed by atoms with Crippen molar-refractivity contribution in [1.29, 1.82) is 0 Å². The number of nitrogens with zero attached hydrogens (tertiary/aromatic N) is 2. The van der Waals surface area contributed by atoms with E-state index in [4.69, 9.17) is 4.99 Å². The molecule has 1 heterocycles. The van der Waals surface area contributed by atoms with Gasteiger partial charge in [-0.25, -0.2) is 0 Å². The van der Waals surface area contributed by atoms with Gasteiger partial charge in [-0.3, -0.25) is 24.7 Å². The maximum atomic E-state index is 13.2. The van der Waals surface area contributed by atoms with Crippen LogP contribution in [-0.4, -0.2) is 22.2 Å². The number of fused-ring (bicyclic) bond motifs is 1. The second-order valence-electron chi connectivity index (χ2n) is 10.2. The van der Waals surface area contributed by atoms with E-state index >= 15 is 0 Å². The van der Waals surface area contributed by atoms with Crippen molar-refractivity contribution in [3.8, 4) is 0 Å². The minimum Gasteiger partial charge on any atom is -0.299 e. The molecule has 2 unspecified atom stereocenters. The average molecular weight is 394 g/mol. The van der Waals surface area contributed by atoms with E-state index in [9.17, 15) is 19.7 Å². The summed E-state index contributed by atoms with van der Waals surface area (Å²) in [6.07, 6.45) is 2.29. The number of non-ortho nitro benzene ring substituents is 1. The van der Waals surface area contributed by atoms with Gasteiger partial charge < -0.3 is 0 Å². The summed E-state index contributed by atoms with van der Waals surface area (Å²) in [6, 6.07) is 6.29. The van der Waals surface area contributed by atoms with E-state index in [1.165, 1.54) is 12.1 Å². The number of rotatable bonds is 2. The molecule has 1 aliphatic heterocycles. The SMILES string of the molecule is CC1(C)CC(=O)C2C(=NC3=C(C(=O)CC(C)(C)C3)C2c2ccc([N+](=O)[O-])cc2)C1. The normalized spacial score (nSPS) is 27.8. The molecule has 152 valence electrons. The van der Waals surface area contributed by atoms with Crippen LogP contribution < -0.4 is 0 Å². The zero-order valence-corrected chi connectivity index (χ0v) is 17.3. The molecule has 1 fully saturated rings. The summed E-state index contributed by atoms with van der Waals surface area (Å²) in [7, 11) is 0. The number of nitro benzene ring substituents is 1. The summed E-state index contributed by atoms with van der Waals surface area (Å²) in [5, 5.41) is 11.1. The van der Waals surface area contributed by atoms with Crippen LogP contribution in [0.25, 0.3) is 0 Å². The van der Waals surface area contributed by atoms with Gasteiger partial charge >= 0.3 is 0 Å².